The molecule has 0 aromatic rings. The first-order valence-electron chi connectivity index (χ1n) is 5.35. The summed E-state index contributed by atoms with van der Waals surface area (Å²) < 4.78 is 0. The van der Waals surface area contributed by atoms with Crippen LogP contribution in [-0.2, 0) is 9.59 Å². The third-order valence-electron chi connectivity index (χ3n) is 2.57. The van der Waals surface area contributed by atoms with Crippen LogP contribution < -0.4 is 5.32 Å². The number of amides is 1. The van der Waals surface area contributed by atoms with Crippen LogP contribution in [0.4, 0.5) is 0 Å². The first-order valence-corrected chi connectivity index (χ1v) is 5.35. The van der Waals surface area contributed by atoms with Crippen molar-refractivity contribution in [1.29, 1.82) is 0 Å². The van der Waals surface area contributed by atoms with E-state index >= 15 is 0 Å². The average Bonchev–Trinajstić information content (AvgIpc) is 2.37. The largest absolute Gasteiger partial charge is 0.481 e. The van der Waals surface area contributed by atoms with Gasteiger partial charge in [0.25, 0.3) is 0 Å². The van der Waals surface area contributed by atoms with Crippen molar-refractivity contribution >= 4 is 11.9 Å². The van der Waals surface area contributed by atoms with Crippen LogP contribution in [0.3, 0.4) is 0 Å². The Morgan fingerprint density at radius 3 is 3.00 bits per heavy atom. The predicted molar refractivity (Wildman–Crippen MR) is 55.5 cm³/mol. The number of carboxylic acids is 1. The van der Waals surface area contributed by atoms with E-state index in [1.165, 1.54) is 0 Å². The zero-order chi connectivity index (χ0) is 11.3. The van der Waals surface area contributed by atoms with Crippen LogP contribution >= 0.6 is 0 Å². The summed E-state index contributed by atoms with van der Waals surface area (Å²) >= 11 is 0. The molecule has 0 saturated carbocycles. The summed E-state index contributed by atoms with van der Waals surface area (Å²) in [5.41, 5.74) is 0. The molecule has 1 saturated heterocycles. The Morgan fingerprint density at radius 1 is 1.67 bits per heavy atom. The molecule has 0 bridgehead atoms. The van der Waals surface area contributed by atoms with E-state index in [0.717, 1.165) is 19.4 Å². The molecule has 1 aliphatic heterocycles. The van der Waals surface area contributed by atoms with Gasteiger partial charge < -0.3 is 10.4 Å². The molecule has 0 aromatic heterocycles. The summed E-state index contributed by atoms with van der Waals surface area (Å²) in [6.07, 6.45) is 2.05. The lowest BCUT2D eigenvalue weighted by atomic mass is 10.1. The molecule has 5 nitrogen and oxygen atoms in total. The van der Waals surface area contributed by atoms with Crippen molar-refractivity contribution in [2.24, 2.45) is 5.92 Å². The van der Waals surface area contributed by atoms with Gasteiger partial charge in [-0.25, -0.2) is 0 Å². The fourth-order valence-corrected chi connectivity index (χ4v) is 1.65. The number of unbranched alkanes of at least 4 members (excludes halogenated alkanes) is 1. The second-order valence-electron chi connectivity index (χ2n) is 3.93. The minimum absolute atomic E-state index is 0.0742. The number of aliphatic carboxylic acids is 1. The van der Waals surface area contributed by atoms with Crippen molar-refractivity contribution < 1.29 is 14.7 Å². The highest BCUT2D eigenvalue weighted by atomic mass is 16.4. The van der Waals surface area contributed by atoms with Gasteiger partial charge in [-0.05, 0) is 13.0 Å². The fraction of sp³-hybridized carbons (Fsp3) is 0.800. The minimum atomic E-state index is -0.835. The van der Waals surface area contributed by atoms with E-state index in [1.807, 2.05) is 4.90 Å². The summed E-state index contributed by atoms with van der Waals surface area (Å²) in [7, 11) is 0. The number of carbonyl (C=O) groups is 2. The molecule has 15 heavy (non-hydrogen) atoms. The highest BCUT2D eigenvalue weighted by Crippen LogP contribution is 2.06. The molecule has 1 rings (SSSR count). The van der Waals surface area contributed by atoms with Crippen LogP contribution in [0.15, 0.2) is 0 Å². The Morgan fingerprint density at radius 2 is 2.40 bits per heavy atom. The summed E-state index contributed by atoms with van der Waals surface area (Å²) in [6.45, 7) is 3.91. The molecule has 0 aliphatic carbocycles. The first-order chi connectivity index (χ1) is 7.13. The van der Waals surface area contributed by atoms with Crippen LogP contribution in [0.25, 0.3) is 0 Å². The van der Waals surface area contributed by atoms with Crippen molar-refractivity contribution in [1.82, 2.24) is 10.2 Å². The SMILES string of the molecule is CCCCN1CC(=O)NCC(C(=O)O)C1. The third-order valence-corrected chi connectivity index (χ3v) is 2.57. The second-order valence-corrected chi connectivity index (χ2v) is 3.93. The molecule has 1 atom stereocenters. The Balaban J connectivity index is 2.53. The number of hydrogen-bond donors (Lipinski definition) is 2. The third kappa shape index (κ3) is 3.87. The van der Waals surface area contributed by atoms with Gasteiger partial charge in [0.05, 0.1) is 12.5 Å². The number of carboxylic acid groups (broad SMARTS) is 1. The van der Waals surface area contributed by atoms with E-state index in [4.69, 9.17) is 5.11 Å². The average molecular weight is 214 g/mol. The van der Waals surface area contributed by atoms with E-state index in [-0.39, 0.29) is 12.5 Å². The second kappa shape index (κ2) is 5.70. The monoisotopic (exact) mass is 214 g/mol. The van der Waals surface area contributed by atoms with Gasteiger partial charge >= 0.3 is 5.97 Å². The van der Waals surface area contributed by atoms with E-state index in [9.17, 15) is 9.59 Å². The van der Waals surface area contributed by atoms with Crippen LogP contribution in [0.1, 0.15) is 19.8 Å². The minimum Gasteiger partial charge on any atom is -0.481 e. The Kier molecular flexibility index (Phi) is 4.55. The summed E-state index contributed by atoms with van der Waals surface area (Å²) in [4.78, 5) is 24.1. The maximum absolute atomic E-state index is 11.3. The smallest absolute Gasteiger partial charge is 0.309 e. The standard InChI is InChI=1S/C10H18N2O3/c1-2-3-4-12-6-8(10(14)15)5-11-9(13)7-12/h8H,2-7H2,1H3,(H,11,13)(H,14,15). The molecule has 2 N–H and O–H groups in total. The van der Waals surface area contributed by atoms with Crippen molar-refractivity contribution in [2.45, 2.75) is 19.8 Å². The van der Waals surface area contributed by atoms with Crippen molar-refractivity contribution in [2.75, 3.05) is 26.2 Å². The quantitative estimate of drug-likeness (QED) is 0.686. The maximum Gasteiger partial charge on any atom is 0.309 e. The van der Waals surface area contributed by atoms with Crippen molar-refractivity contribution in [3.8, 4) is 0 Å². The van der Waals surface area contributed by atoms with Crippen LogP contribution in [0.5, 0.6) is 0 Å². The van der Waals surface area contributed by atoms with Gasteiger partial charge in [0.1, 0.15) is 0 Å². The molecule has 0 aromatic carbocycles. The molecule has 86 valence electrons. The highest BCUT2D eigenvalue weighted by Gasteiger charge is 2.26. The zero-order valence-electron chi connectivity index (χ0n) is 9.03. The number of nitrogens with one attached hydrogen (secondary N) is 1. The highest BCUT2D eigenvalue weighted by molar-refractivity contribution is 5.80. The lowest BCUT2D eigenvalue weighted by Gasteiger charge is -2.20. The fourth-order valence-electron chi connectivity index (χ4n) is 1.65. The molecule has 1 amide bonds. The molecule has 5 heteroatoms. The lowest BCUT2D eigenvalue weighted by molar-refractivity contribution is -0.141. The maximum atomic E-state index is 11.3. The van der Waals surface area contributed by atoms with Gasteiger partial charge in [-0.3, -0.25) is 14.5 Å². The summed E-state index contributed by atoms with van der Waals surface area (Å²) in [5.74, 6) is -1.39. The van der Waals surface area contributed by atoms with Gasteiger partial charge in [-0.2, -0.15) is 0 Å². The number of carbonyl (C=O) groups excluding carboxylic acids is 1. The van der Waals surface area contributed by atoms with Gasteiger partial charge in [0.2, 0.25) is 5.91 Å². The number of nitrogens with zero attached hydrogens (tertiary/aromatic N) is 1. The molecule has 0 spiro atoms. The molecule has 1 heterocycles. The van der Waals surface area contributed by atoms with E-state index in [0.29, 0.717) is 13.1 Å². The predicted octanol–water partition coefficient (Wildman–Crippen LogP) is -0.0809. The van der Waals surface area contributed by atoms with E-state index in [1.54, 1.807) is 0 Å². The normalized spacial score (nSPS) is 23.3. The molecular formula is C10H18N2O3. The Hall–Kier alpha value is -1.10. The number of hydrogen-bond acceptors (Lipinski definition) is 3. The van der Waals surface area contributed by atoms with Crippen molar-refractivity contribution in [3.63, 3.8) is 0 Å². The van der Waals surface area contributed by atoms with E-state index < -0.39 is 11.9 Å². The molecule has 1 unspecified atom stereocenters. The summed E-state index contributed by atoms with van der Waals surface area (Å²) in [6, 6.07) is 0. The molecule has 1 fully saturated rings. The Labute approximate surface area is 89.4 Å². The topological polar surface area (TPSA) is 69.6 Å². The Bertz CT molecular complexity index is 243. The molecular weight excluding hydrogens is 196 g/mol. The van der Waals surface area contributed by atoms with Gasteiger partial charge in [-0.1, -0.05) is 13.3 Å². The summed E-state index contributed by atoms with van der Waals surface area (Å²) in [5, 5.41) is 11.5. The van der Waals surface area contributed by atoms with Crippen molar-refractivity contribution in [3.05, 3.63) is 0 Å². The van der Waals surface area contributed by atoms with Crippen LogP contribution in [0, 0.1) is 5.92 Å². The van der Waals surface area contributed by atoms with Gasteiger partial charge in [0, 0.05) is 13.1 Å². The lowest BCUT2D eigenvalue weighted by Crippen LogP contribution is -2.34. The zero-order valence-corrected chi connectivity index (χ0v) is 9.03. The van der Waals surface area contributed by atoms with Crippen LogP contribution in [0.2, 0.25) is 0 Å². The molecule has 1 aliphatic rings. The number of rotatable bonds is 4. The van der Waals surface area contributed by atoms with Crippen LogP contribution in [-0.4, -0.2) is 48.1 Å². The van der Waals surface area contributed by atoms with E-state index in [2.05, 4.69) is 12.2 Å². The van der Waals surface area contributed by atoms with Gasteiger partial charge in [0.15, 0.2) is 0 Å². The van der Waals surface area contributed by atoms with Gasteiger partial charge in [-0.15, -0.1) is 0 Å². The first kappa shape index (κ1) is 12.0. The molecule has 0 radical (unpaired) electrons.